The van der Waals surface area contributed by atoms with E-state index in [2.05, 4.69) is 0 Å². The number of phenolic OH excluding ortho intramolecular Hbond substituents is 1. The van der Waals surface area contributed by atoms with Crippen molar-refractivity contribution in [2.45, 2.75) is 20.1 Å². The summed E-state index contributed by atoms with van der Waals surface area (Å²) < 4.78 is 51.0. The van der Waals surface area contributed by atoms with Gasteiger partial charge in [-0.1, -0.05) is 30.4 Å². The summed E-state index contributed by atoms with van der Waals surface area (Å²) in [6.07, 6.45) is 6.75. The maximum atomic E-state index is 13.4. The first kappa shape index (κ1) is 36.7. The van der Waals surface area contributed by atoms with Gasteiger partial charge in [-0.3, -0.25) is 4.89 Å². The van der Waals surface area contributed by atoms with Crippen LogP contribution < -0.4 is 32.7 Å². The molecule has 0 aliphatic carbocycles. The lowest BCUT2D eigenvalue weighted by molar-refractivity contribution is 0.254. The zero-order valence-electron chi connectivity index (χ0n) is 27.9. The number of rotatable bonds is 15. The Labute approximate surface area is 284 Å². The van der Waals surface area contributed by atoms with Crippen LogP contribution >= 0.6 is 7.82 Å². The lowest BCUT2D eigenvalue weighted by Crippen LogP contribution is -2.03. The highest BCUT2D eigenvalue weighted by atomic mass is 31.2. The van der Waals surface area contributed by atoms with Gasteiger partial charge >= 0.3 is 7.82 Å². The van der Waals surface area contributed by atoms with Crippen LogP contribution in [0, 0.1) is 6.92 Å². The largest absolute Gasteiger partial charge is 0.585 e. The second kappa shape index (κ2) is 16.3. The number of phenols is 1. The SMILES string of the molecule is COc1ccc(/C=C\c2cc(CO)c(CO)c(OC)c2)cc1OP(=O)(O)Oc1c(OC)ccc(/C=C\c2cc(C)c(OC)c(OC)c2)c1O. The Morgan fingerprint density at radius 1 is 0.612 bits per heavy atom. The predicted molar refractivity (Wildman–Crippen MR) is 186 cm³/mol. The lowest BCUT2D eigenvalue weighted by Gasteiger charge is -2.18. The minimum absolute atomic E-state index is 0.0111. The molecule has 1 atom stereocenters. The van der Waals surface area contributed by atoms with Gasteiger partial charge in [-0.2, -0.15) is 0 Å². The second-order valence-electron chi connectivity index (χ2n) is 10.5. The van der Waals surface area contributed by atoms with Crippen LogP contribution in [0.4, 0.5) is 0 Å². The van der Waals surface area contributed by atoms with E-state index in [4.69, 9.17) is 32.7 Å². The predicted octanol–water partition coefficient (Wildman–Crippen LogP) is 6.63. The molecule has 4 aromatic rings. The average molecular weight is 695 g/mol. The molecule has 0 bridgehead atoms. The molecule has 0 saturated carbocycles. The fourth-order valence-corrected chi connectivity index (χ4v) is 5.90. The number of aliphatic hydroxyl groups excluding tert-OH is 2. The van der Waals surface area contributed by atoms with E-state index in [1.165, 1.54) is 40.6 Å². The van der Waals surface area contributed by atoms with E-state index in [1.54, 1.807) is 67.8 Å². The van der Waals surface area contributed by atoms with E-state index in [0.29, 0.717) is 39.5 Å². The molecule has 4 N–H and O–H groups in total. The molecule has 4 aromatic carbocycles. The van der Waals surface area contributed by atoms with Gasteiger partial charge in [0, 0.05) is 11.1 Å². The van der Waals surface area contributed by atoms with Crippen LogP contribution in [-0.2, 0) is 17.8 Å². The van der Waals surface area contributed by atoms with Crippen molar-refractivity contribution < 1.29 is 57.5 Å². The van der Waals surface area contributed by atoms with Crippen LogP contribution in [-0.4, -0.2) is 55.8 Å². The molecule has 260 valence electrons. The highest BCUT2D eigenvalue weighted by molar-refractivity contribution is 7.48. The van der Waals surface area contributed by atoms with Crippen LogP contribution in [0.1, 0.15) is 38.9 Å². The molecule has 49 heavy (non-hydrogen) atoms. The number of hydrogen-bond donors (Lipinski definition) is 4. The van der Waals surface area contributed by atoms with Gasteiger partial charge in [-0.15, -0.1) is 0 Å². The van der Waals surface area contributed by atoms with Crippen molar-refractivity contribution in [2.24, 2.45) is 0 Å². The van der Waals surface area contributed by atoms with E-state index < -0.39 is 19.3 Å². The topological polar surface area (TPSA) is 163 Å². The summed E-state index contributed by atoms with van der Waals surface area (Å²) in [7, 11) is 2.29. The highest BCUT2D eigenvalue weighted by Crippen LogP contribution is 2.52. The van der Waals surface area contributed by atoms with Crippen molar-refractivity contribution in [3.63, 3.8) is 0 Å². The fourth-order valence-electron chi connectivity index (χ4n) is 5.06. The molecule has 0 fully saturated rings. The van der Waals surface area contributed by atoms with Gasteiger partial charge in [0.1, 0.15) is 5.75 Å². The molecule has 0 aliphatic heterocycles. The molecule has 13 heteroatoms. The first-order chi connectivity index (χ1) is 23.5. The summed E-state index contributed by atoms with van der Waals surface area (Å²) in [5, 5.41) is 30.5. The number of hydrogen-bond acceptors (Lipinski definition) is 11. The first-order valence-electron chi connectivity index (χ1n) is 14.8. The third kappa shape index (κ3) is 8.67. The minimum Gasteiger partial charge on any atom is -0.504 e. The summed E-state index contributed by atoms with van der Waals surface area (Å²) in [5.74, 6) is 0.704. The molecule has 0 saturated heterocycles. The molecule has 12 nitrogen and oxygen atoms in total. The lowest BCUT2D eigenvalue weighted by atomic mass is 10.0. The van der Waals surface area contributed by atoms with E-state index in [9.17, 15) is 24.8 Å². The van der Waals surface area contributed by atoms with Gasteiger partial charge in [-0.25, -0.2) is 4.57 Å². The van der Waals surface area contributed by atoms with Crippen LogP contribution in [0.5, 0.6) is 46.0 Å². The van der Waals surface area contributed by atoms with Gasteiger partial charge < -0.3 is 48.1 Å². The number of phosphoric ester groups is 1. The summed E-state index contributed by atoms with van der Waals surface area (Å²) >= 11 is 0. The van der Waals surface area contributed by atoms with E-state index in [1.807, 2.05) is 13.0 Å². The maximum Gasteiger partial charge on any atom is 0.585 e. The van der Waals surface area contributed by atoms with Crippen molar-refractivity contribution in [1.29, 1.82) is 0 Å². The van der Waals surface area contributed by atoms with Gasteiger partial charge in [0.25, 0.3) is 0 Å². The fraction of sp³-hybridized carbons (Fsp3) is 0.222. The number of aryl methyl sites for hydroxylation is 1. The molecule has 0 aliphatic rings. The number of aromatic hydroxyl groups is 1. The van der Waals surface area contributed by atoms with Crippen LogP contribution in [0.2, 0.25) is 0 Å². The number of phosphoric acid groups is 1. The number of aliphatic hydroxyl groups is 2. The molecule has 0 radical (unpaired) electrons. The normalized spacial score (nSPS) is 12.5. The van der Waals surface area contributed by atoms with Crippen LogP contribution in [0.3, 0.4) is 0 Å². The zero-order valence-corrected chi connectivity index (χ0v) is 28.8. The quantitative estimate of drug-likeness (QED) is 0.0778. The van der Waals surface area contributed by atoms with E-state index in [-0.39, 0.29) is 36.0 Å². The van der Waals surface area contributed by atoms with Crippen LogP contribution in [0.25, 0.3) is 24.3 Å². The number of ether oxygens (including phenoxy) is 5. The van der Waals surface area contributed by atoms with Gasteiger partial charge in [0.05, 0.1) is 48.8 Å². The maximum absolute atomic E-state index is 13.4. The molecule has 0 amide bonds. The van der Waals surface area contributed by atoms with Crippen LogP contribution in [0.15, 0.2) is 54.6 Å². The van der Waals surface area contributed by atoms with Gasteiger partial charge in [0.2, 0.25) is 5.75 Å². The first-order valence-corrected chi connectivity index (χ1v) is 16.3. The Morgan fingerprint density at radius 2 is 1.20 bits per heavy atom. The Morgan fingerprint density at radius 3 is 1.84 bits per heavy atom. The molecule has 0 heterocycles. The van der Waals surface area contributed by atoms with Crippen molar-refractivity contribution >= 4 is 32.1 Å². The van der Waals surface area contributed by atoms with E-state index in [0.717, 1.165) is 11.1 Å². The van der Waals surface area contributed by atoms with Crippen molar-refractivity contribution in [2.75, 3.05) is 35.5 Å². The molecule has 4 rings (SSSR count). The highest BCUT2D eigenvalue weighted by Gasteiger charge is 2.31. The third-order valence-electron chi connectivity index (χ3n) is 7.44. The van der Waals surface area contributed by atoms with Crippen molar-refractivity contribution in [1.82, 2.24) is 0 Å². The molecule has 0 spiro atoms. The summed E-state index contributed by atoms with van der Waals surface area (Å²) in [4.78, 5) is 10.9. The van der Waals surface area contributed by atoms with E-state index >= 15 is 0 Å². The number of methoxy groups -OCH3 is 5. The minimum atomic E-state index is -4.96. The van der Waals surface area contributed by atoms with Gasteiger partial charge in [-0.05, 0) is 83.3 Å². The molecular formula is C36H39O12P. The Kier molecular flexibility index (Phi) is 12.2. The number of benzene rings is 4. The summed E-state index contributed by atoms with van der Waals surface area (Å²) in [6.45, 7) is 1.28. The smallest absolute Gasteiger partial charge is 0.504 e. The van der Waals surface area contributed by atoms with Crippen molar-refractivity contribution in [3.05, 3.63) is 93.5 Å². The monoisotopic (exact) mass is 694 g/mol. The summed E-state index contributed by atoms with van der Waals surface area (Å²) in [6, 6.07) is 14.8. The Bertz CT molecular complexity index is 1870. The summed E-state index contributed by atoms with van der Waals surface area (Å²) in [5.41, 5.74) is 4.08. The van der Waals surface area contributed by atoms with Crippen molar-refractivity contribution in [3.8, 4) is 46.0 Å². The van der Waals surface area contributed by atoms with Gasteiger partial charge in [0.15, 0.2) is 34.5 Å². The Hall–Kier alpha value is -5.13. The standard InChI is InChI=1S/C36H39O12P/c1-22-15-24(19-33(45-5)35(22)46-6)9-11-26-12-14-30(43-3)36(34(26)39)48-49(40,41)47-32-17-23(10-13-29(32)42-2)7-8-25-16-27(20-37)28(21-38)31(18-25)44-4/h7-19,37-39H,20-21H2,1-6H3,(H,40,41)/b8-7-,11-9-. The third-order valence-corrected chi connectivity index (χ3v) is 8.28. The molecule has 1 unspecified atom stereocenters. The molecule has 0 aromatic heterocycles. The molecular weight excluding hydrogens is 655 g/mol. The Balaban J connectivity index is 1.61. The average Bonchev–Trinajstić information content (AvgIpc) is 3.09. The second-order valence-corrected chi connectivity index (χ2v) is 11.8. The zero-order chi connectivity index (χ0) is 35.7.